The molecule has 0 aromatic rings. The molecule has 3 nitrogen and oxygen atoms in total. The van der Waals surface area contributed by atoms with Gasteiger partial charge in [0.1, 0.15) is 0 Å². The van der Waals surface area contributed by atoms with Crippen LogP contribution in [0.4, 0.5) is 0 Å². The summed E-state index contributed by atoms with van der Waals surface area (Å²) in [5.41, 5.74) is 0. The van der Waals surface area contributed by atoms with E-state index in [-0.39, 0.29) is 6.10 Å². The van der Waals surface area contributed by atoms with Gasteiger partial charge in [-0.2, -0.15) is 0 Å². The molecule has 0 aromatic heterocycles. The molecule has 1 rings (SSSR count). The molecule has 1 unspecified atom stereocenters. The summed E-state index contributed by atoms with van der Waals surface area (Å²) in [6, 6.07) is 0. The van der Waals surface area contributed by atoms with E-state index in [0.29, 0.717) is 5.92 Å². The van der Waals surface area contributed by atoms with Crippen LogP contribution in [0.3, 0.4) is 0 Å². The van der Waals surface area contributed by atoms with Crippen molar-refractivity contribution >= 4 is 0 Å². The molecule has 0 saturated carbocycles. The smallest absolute Gasteiger partial charge is 0.0791 e. The number of piperidine rings is 1. The third-order valence-corrected chi connectivity index (χ3v) is 3.28. The first-order valence-corrected chi connectivity index (χ1v) is 6.69. The Bertz CT molecular complexity index is 177. The summed E-state index contributed by atoms with van der Waals surface area (Å²) in [6.45, 7) is 11.6. The van der Waals surface area contributed by atoms with Crippen molar-refractivity contribution in [2.45, 2.75) is 39.7 Å². The van der Waals surface area contributed by atoms with Crippen molar-refractivity contribution < 1.29 is 5.11 Å². The van der Waals surface area contributed by atoms with Crippen LogP contribution in [0.5, 0.6) is 0 Å². The molecule has 0 bridgehead atoms. The van der Waals surface area contributed by atoms with E-state index in [1.165, 1.54) is 12.8 Å². The lowest BCUT2D eigenvalue weighted by molar-refractivity contribution is 0.0904. The summed E-state index contributed by atoms with van der Waals surface area (Å²) in [5, 5.41) is 13.2. The van der Waals surface area contributed by atoms with Gasteiger partial charge >= 0.3 is 0 Å². The van der Waals surface area contributed by atoms with Gasteiger partial charge in [0.05, 0.1) is 6.10 Å². The maximum atomic E-state index is 9.88. The topological polar surface area (TPSA) is 35.5 Å². The van der Waals surface area contributed by atoms with Crippen LogP contribution < -0.4 is 5.32 Å². The maximum Gasteiger partial charge on any atom is 0.0791 e. The zero-order valence-electron chi connectivity index (χ0n) is 11.1. The number of rotatable bonds is 6. The van der Waals surface area contributed by atoms with E-state index >= 15 is 0 Å². The molecule has 1 aliphatic rings. The van der Waals surface area contributed by atoms with Gasteiger partial charge in [0.25, 0.3) is 0 Å². The molecule has 1 atom stereocenters. The number of hydrogen-bond donors (Lipinski definition) is 2. The van der Waals surface area contributed by atoms with Gasteiger partial charge in [0, 0.05) is 13.1 Å². The summed E-state index contributed by atoms with van der Waals surface area (Å²) in [5.74, 6) is 1.52. The summed E-state index contributed by atoms with van der Waals surface area (Å²) < 4.78 is 0. The van der Waals surface area contributed by atoms with Crippen molar-refractivity contribution in [2.75, 3.05) is 32.7 Å². The highest BCUT2D eigenvalue weighted by molar-refractivity contribution is 4.73. The Kier molecular flexibility index (Phi) is 6.32. The lowest BCUT2D eigenvalue weighted by atomic mass is 9.99. The molecule has 0 spiro atoms. The molecular weight excluding hydrogens is 200 g/mol. The summed E-state index contributed by atoms with van der Waals surface area (Å²) in [4.78, 5) is 2.39. The van der Waals surface area contributed by atoms with Gasteiger partial charge in [-0.25, -0.2) is 0 Å². The molecule has 0 radical (unpaired) electrons. The maximum absolute atomic E-state index is 9.88. The van der Waals surface area contributed by atoms with Crippen LogP contribution in [-0.2, 0) is 0 Å². The lowest BCUT2D eigenvalue weighted by Crippen LogP contribution is -2.42. The average Bonchev–Trinajstić information content (AvgIpc) is 2.21. The van der Waals surface area contributed by atoms with Crippen LogP contribution >= 0.6 is 0 Å². The van der Waals surface area contributed by atoms with Crippen molar-refractivity contribution in [2.24, 2.45) is 11.8 Å². The van der Waals surface area contributed by atoms with Crippen molar-refractivity contribution in [3.8, 4) is 0 Å². The van der Waals surface area contributed by atoms with Crippen LogP contribution in [0.15, 0.2) is 0 Å². The SMILES string of the molecule is CC(C)CNCC(O)CN1CCC(C)CC1. The van der Waals surface area contributed by atoms with E-state index in [1.54, 1.807) is 0 Å². The third-order valence-electron chi connectivity index (χ3n) is 3.28. The van der Waals surface area contributed by atoms with Gasteiger partial charge < -0.3 is 15.3 Å². The van der Waals surface area contributed by atoms with Gasteiger partial charge in [-0.15, -0.1) is 0 Å². The zero-order valence-corrected chi connectivity index (χ0v) is 11.1. The minimum atomic E-state index is -0.216. The first-order chi connectivity index (χ1) is 7.58. The Hall–Kier alpha value is -0.120. The molecule has 1 heterocycles. The normalized spacial score (nSPS) is 21.6. The minimum absolute atomic E-state index is 0.216. The largest absolute Gasteiger partial charge is 0.390 e. The van der Waals surface area contributed by atoms with Crippen LogP contribution in [0, 0.1) is 11.8 Å². The molecule has 0 amide bonds. The predicted octanol–water partition coefficient (Wildman–Crippen LogP) is 1.32. The van der Waals surface area contributed by atoms with Gasteiger partial charge in [-0.05, 0) is 44.3 Å². The average molecular weight is 228 g/mol. The second-order valence-electron chi connectivity index (χ2n) is 5.69. The van der Waals surface area contributed by atoms with E-state index in [0.717, 1.165) is 38.6 Å². The number of nitrogens with zero attached hydrogens (tertiary/aromatic N) is 1. The van der Waals surface area contributed by atoms with Crippen molar-refractivity contribution in [3.05, 3.63) is 0 Å². The highest BCUT2D eigenvalue weighted by Gasteiger charge is 2.17. The first kappa shape index (κ1) is 13.9. The Morgan fingerprint density at radius 3 is 2.44 bits per heavy atom. The molecule has 0 aromatic carbocycles. The predicted molar refractivity (Wildman–Crippen MR) is 68.6 cm³/mol. The molecule has 3 heteroatoms. The van der Waals surface area contributed by atoms with Crippen molar-refractivity contribution in [1.29, 1.82) is 0 Å². The first-order valence-electron chi connectivity index (χ1n) is 6.69. The number of aliphatic hydroxyl groups is 1. The Balaban J connectivity index is 2.07. The second-order valence-corrected chi connectivity index (χ2v) is 5.69. The quantitative estimate of drug-likeness (QED) is 0.720. The molecule has 1 aliphatic heterocycles. The van der Waals surface area contributed by atoms with Gasteiger partial charge in [-0.3, -0.25) is 0 Å². The molecule has 1 saturated heterocycles. The number of β-amino-alcohol motifs (C(OH)–C–C–N with tert-alkyl or cyclic N) is 1. The molecule has 1 fully saturated rings. The molecule has 16 heavy (non-hydrogen) atoms. The van der Waals surface area contributed by atoms with Gasteiger partial charge in [-0.1, -0.05) is 20.8 Å². The minimum Gasteiger partial charge on any atom is -0.390 e. The van der Waals surface area contributed by atoms with E-state index in [9.17, 15) is 5.11 Å². The molecule has 0 aliphatic carbocycles. The monoisotopic (exact) mass is 228 g/mol. The van der Waals surface area contributed by atoms with Crippen molar-refractivity contribution in [3.63, 3.8) is 0 Å². The van der Waals surface area contributed by atoms with E-state index in [4.69, 9.17) is 0 Å². The molecule has 96 valence electrons. The highest BCUT2D eigenvalue weighted by atomic mass is 16.3. The Morgan fingerprint density at radius 2 is 1.88 bits per heavy atom. The van der Waals surface area contributed by atoms with E-state index < -0.39 is 0 Å². The lowest BCUT2D eigenvalue weighted by Gasteiger charge is -2.31. The summed E-state index contributed by atoms with van der Waals surface area (Å²) in [7, 11) is 0. The van der Waals surface area contributed by atoms with E-state index in [1.807, 2.05) is 0 Å². The van der Waals surface area contributed by atoms with Crippen LogP contribution in [-0.4, -0.2) is 48.8 Å². The highest BCUT2D eigenvalue weighted by Crippen LogP contribution is 2.15. The van der Waals surface area contributed by atoms with Gasteiger partial charge in [0.15, 0.2) is 0 Å². The Morgan fingerprint density at radius 1 is 1.25 bits per heavy atom. The summed E-state index contributed by atoms with van der Waals surface area (Å²) >= 11 is 0. The number of aliphatic hydroxyl groups excluding tert-OH is 1. The summed E-state index contributed by atoms with van der Waals surface area (Å²) in [6.07, 6.45) is 2.35. The van der Waals surface area contributed by atoms with Crippen LogP contribution in [0.1, 0.15) is 33.6 Å². The molecular formula is C13H28N2O. The zero-order chi connectivity index (χ0) is 12.0. The number of likely N-dealkylation sites (tertiary alicyclic amines) is 1. The fourth-order valence-corrected chi connectivity index (χ4v) is 2.15. The van der Waals surface area contributed by atoms with Crippen LogP contribution in [0.2, 0.25) is 0 Å². The Labute approximate surface area is 100 Å². The molecule has 2 N–H and O–H groups in total. The number of nitrogens with one attached hydrogen (secondary N) is 1. The van der Waals surface area contributed by atoms with E-state index in [2.05, 4.69) is 31.0 Å². The third kappa shape index (κ3) is 5.83. The standard InChI is InChI=1S/C13H28N2O/c1-11(2)8-14-9-13(16)10-15-6-4-12(3)5-7-15/h11-14,16H,4-10H2,1-3H3. The second kappa shape index (κ2) is 7.25. The van der Waals surface area contributed by atoms with Crippen molar-refractivity contribution in [1.82, 2.24) is 10.2 Å². The fraction of sp³-hybridized carbons (Fsp3) is 1.00. The fourth-order valence-electron chi connectivity index (χ4n) is 2.15. The van der Waals surface area contributed by atoms with Gasteiger partial charge in [0.2, 0.25) is 0 Å². The van der Waals surface area contributed by atoms with Crippen LogP contribution in [0.25, 0.3) is 0 Å². The number of hydrogen-bond acceptors (Lipinski definition) is 3.